The van der Waals surface area contributed by atoms with Gasteiger partial charge in [-0.05, 0) is 39.0 Å². The molecule has 0 bridgehead atoms. The molecule has 3 unspecified atom stereocenters. The van der Waals surface area contributed by atoms with Crippen LogP contribution < -0.4 is 5.32 Å². The molecule has 1 aliphatic carbocycles. The molecule has 0 aromatic rings. The maximum absolute atomic E-state index is 11.8. The van der Waals surface area contributed by atoms with Crippen LogP contribution in [0.1, 0.15) is 39.0 Å². The van der Waals surface area contributed by atoms with Crippen LogP contribution >= 0.6 is 0 Å². The molecule has 1 amide bonds. The fourth-order valence-corrected chi connectivity index (χ4v) is 2.10. The van der Waals surface area contributed by atoms with E-state index in [-0.39, 0.29) is 17.9 Å². The van der Waals surface area contributed by atoms with Gasteiger partial charge in [0.15, 0.2) is 0 Å². The summed E-state index contributed by atoms with van der Waals surface area (Å²) in [6, 6.07) is 0.109. The summed E-state index contributed by atoms with van der Waals surface area (Å²) in [4.78, 5) is 22.6. The van der Waals surface area contributed by atoms with Crippen molar-refractivity contribution in [3.8, 4) is 0 Å². The molecule has 4 heteroatoms. The Morgan fingerprint density at radius 1 is 1.47 bits per heavy atom. The fraction of sp³-hybridized carbons (Fsp3) is 0.692. The van der Waals surface area contributed by atoms with Crippen LogP contribution in [0.5, 0.6) is 0 Å². The van der Waals surface area contributed by atoms with Gasteiger partial charge in [0.25, 0.3) is 0 Å². The van der Waals surface area contributed by atoms with E-state index in [1.807, 2.05) is 13.0 Å². The van der Waals surface area contributed by atoms with Gasteiger partial charge in [-0.1, -0.05) is 6.08 Å². The number of allylic oxidation sites excluding steroid dienone is 1. The average Bonchev–Trinajstić information content (AvgIpc) is 2.14. The Kier molecular flexibility index (Phi) is 5.19. The molecule has 1 rings (SSSR count). The number of rotatable bonds is 7. The van der Waals surface area contributed by atoms with E-state index in [0.29, 0.717) is 12.8 Å². The number of hydrogen-bond donors (Lipinski definition) is 2. The minimum atomic E-state index is -0.851. The zero-order valence-electron chi connectivity index (χ0n) is 10.3. The molecular formula is C13H21NO3. The maximum Gasteiger partial charge on any atom is 0.307 e. The van der Waals surface area contributed by atoms with Gasteiger partial charge in [0, 0.05) is 6.04 Å². The Hall–Kier alpha value is -1.32. The lowest BCUT2D eigenvalue weighted by molar-refractivity contribution is -0.152. The van der Waals surface area contributed by atoms with Gasteiger partial charge in [-0.3, -0.25) is 9.59 Å². The monoisotopic (exact) mass is 239 g/mol. The highest BCUT2D eigenvalue weighted by atomic mass is 16.4. The molecule has 0 radical (unpaired) electrons. The Bertz CT molecular complexity index is 301. The van der Waals surface area contributed by atoms with Crippen molar-refractivity contribution in [1.82, 2.24) is 5.32 Å². The van der Waals surface area contributed by atoms with Crippen LogP contribution in [-0.4, -0.2) is 23.0 Å². The molecule has 0 heterocycles. The molecule has 2 N–H and O–H groups in total. The van der Waals surface area contributed by atoms with Crippen LogP contribution in [0.15, 0.2) is 12.7 Å². The number of carboxylic acids is 1. The molecular weight excluding hydrogens is 218 g/mol. The highest BCUT2D eigenvalue weighted by Gasteiger charge is 2.41. The number of aliphatic carboxylic acids is 1. The number of carboxylic acid groups (broad SMARTS) is 1. The van der Waals surface area contributed by atoms with Crippen LogP contribution in [0, 0.1) is 11.8 Å². The molecule has 4 nitrogen and oxygen atoms in total. The van der Waals surface area contributed by atoms with Crippen molar-refractivity contribution in [2.24, 2.45) is 11.8 Å². The summed E-state index contributed by atoms with van der Waals surface area (Å²) in [5.41, 5.74) is 0. The number of nitrogens with one attached hydrogen (secondary N) is 1. The normalized spacial score (nSPS) is 24.5. The van der Waals surface area contributed by atoms with Gasteiger partial charge in [0.1, 0.15) is 0 Å². The van der Waals surface area contributed by atoms with Crippen LogP contribution in [0.3, 0.4) is 0 Å². The highest BCUT2D eigenvalue weighted by molar-refractivity contribution is 5.86. The molecule has 1 fully saturated rings. The Morgan fingerprint density at radius 2 is 2.12 bits per heavy atom. The Labute approximate surface area is 102 Å². The number of hydrogen-bond acceptors (Lipinski definition) is 2. The smallest absolute Gasteiger partial charge is 0.307 e. The molecule has 0 aromatic carbocycles. The predicted molar refractivity (Wildman–Crippen MR) is 65.5 cm³/mol. The third kappa shape index (κ3) is 3.88. The average molecular weight is 239 g/mol. The first-order valence-electron chi connectivity index (χ1n) is 6.20. The zero-order chi connectivity index (χ0) is 12.8. The van der Waals surface area contributed by atoms with Gasteiger partial charge >= 0.3 is 5.97 Å². The summed E-state index contributed by atoms with van der Waals surface area (Å²) in [7, 11) is 0. The van der Waals surface area contributed by atoms with E-state index in [4.69, 9.17) is 5.11 Å². The standard InChI is InChI=1S/C13H21NO3/c1-3-4-5-6-9(2)14-12(15)10-7-8-11(10)13(16)17/h3,9-11H,1,4-8H2,2H3,(H,14,15)(H,16,17). The van der Waals surface area contributed by atoms with Gasteiger partial charge in [0.2, 0.25) is 5.91 Å². The first kappa shape index (κ1) is 13.7. The van der Waals surface area contributed by atoms with E-state index >= 15 is 0 Å². The summed E-state index contributed by atoms with van der Waals surface area (Å²) in [5, 5.41) is 11.8. The third-order valence-electron chi connectivity index (χ3n) is 3.36. The fourth-order valence-electron chi connectivity index (χ4n) is 2.10. The van der Waals surface area contributed by atoms with Crippen molar-refractivity contribution in [3.05, 3.63) is 12.7 Å². The van der Waals surface area contributed by atoms with Crippen LogP contribution in [0.25, 0.3) is 0 Å². The molecule has 1 aliphatic rings. The van der Waals surface area contributed by atoms with Gasteiger partial charge in [0.05, 0.1) is 11.8 Å². The number of carbonyl (C=O) groups is 2. The second kappa shape index (κ2) is 6.42. The second-order valence-electron chi connectivity index (χ2n) is 4.76. The van der Waals surface area contributed by atoms with Crippen molar-refractivity contribution in [2.45, 2.75) is 45.1 Å². The summed E-state index contributed by atoms with van der Waals surface area (Å²) < 4.78 is 0. The lowest BCUT2D eigenvalue weighted by atomic mass is 9.73. The van der Waals surface area contributed by atoms with Gasteiger partial charge in [-0.2, -0.15) is 0 Å². The molecule has 0 spiro atoms. The SMILES string of the molecule is C=CCCCC(C)NC(=O)C1CCC1C(=O)O. The first-order valence-corrected chi connectivity index (χ1v) is 6.20. The second-order valence-corrected chi connectivity index (χ2v) is 4.76. The predicted octanol–water partition coefficient (Wildman–Crippen LogP) is 1.96. The van der Waals surface area contributed by atoms with Crippen LogP contribution in [0.4, 0.5) is 0 Å². The van der Waals surface area contributed by atoms with E-state index in [9.17, 15) is 9.59 Å². The lowest BCUT2D eigenvalue weighted by Crippen LogP contribution is -2.46. The Balaban J connectivity index is 2.29. The minimum absolute atomic E-state index is 0.102. The van der Waals surface area contributed by atoms with E-state index in [0.717, 1.165) is 19.3 Å². The molecule has 3 atom stereocenters. The maximum atomic E-state index is 11.8. The first-order chi connectivity index (χ1) is 8.06. The summed E-state index contributed by atoms with van der Waals surface area (Å²) in [5.74, 6) is -1.75. The third-order valence-corrected chi connectivity index (χ3v) is 3.36. The topological polar surface area (TPSA) is 66.4 Å². The van der Waals surface area contributed by atoms with Gasteiger partial charge < -0.3 is 10.4 Å². The van der Waals surface area contributed by atoms with Crippen LogP contribution in [-0.2, 0) is 9.59 Å². The largest absolute Gasteiger partial charge is 0.481 e. The minimum Gasteiger partial charge on any atom is -0.481 e. The van der Waals surface area contributed by atoms with Crippen LogP contribution in [0.2, 0.25) is 0 Å². The number of amides is 1. The lowest BCUT2D eigenvalue weighted by Gasteiger charge is -2.32. The van der Waals surface area contributed by atoms with Crippen molar-refractivity contribution in [3.63, 3.8) is 0 Å². The quantitative estimate of drug-likeness (QED) is 0.527. The summed E-state index contributed by atoms with van der Waals surface area (Å²) in [6.45, 7) is 5.60. The molecule has 1 saturated carbocycles. The molecule has 96 valence electrons. The van der Waals surface area contributed by atoms with Crippen molar-refractivity contribution < 1.29 is 14.7 Å². The van der Waals surface area contributed by atoms with Gasteiger partial charge in [-0.25, -0.2) is 0 Å². The number of carbonyl (C=O) groups excluding carboxylic acids is 1. The molecule has 0 aromatic heterocycles. The van der Waals surface area contributed by atoms with Crippen molar-refractivity contribution in [2.75, 3.05) is 0 Å². The van der Waals surface area contributed by atoms with E-state index in [1.54, 1.807) is 0 Å². The molecule has 0 aliphatic heterocycles. The van der Waals surface area contributed by atoms with Gasteiger partial charge in [-0.15, -0.1) is 6.58 Å². The van der Waals surface area contributed by atoms with E-state index in [2.05, 4.69) is 11.9 Å². The highest BCUT2D eigenvalue weighted by Crippen LogP contribution is 2.34. The van der Waals surface area contributed by atoms with Crippen molar-refractivity contribution in [1.29, 1.82) is 0 Å². The summed E-state index contributed by atoms with van der Waals surface area (Å²) >= 11 is 0. The molecule has 0 saturated heterocycles. The van der Waals surface area contributed by atoms with E-state index in [1.165, 1.54) is 0 Å². The summed E-state index contributed by atoms with van der Waals surface area (Å²) in [6.07, 6.45) is 6.03. The van der Waals surface area contributed by atoms with Crippen molar-refractivity contribution >= 4 is 11.9 Å². The Morgan fingerprint density at radius 3 is 2.59 bits per heavy atom. The zero-order valence-corrected chi connectivity index (χ0v) is 10.3. The van der Waals surface area contributed by atoms with E-state index < -0.39 is 11.9 Å². The number of unbranched alkanes of at least 4 members (excludes halogenated alkanes) is 1. The molecule has 17 heavy (non-hydrogen) atoms.